The van der Waals surface area contributed by atoms with Gasteiger partial charge >= 0.3 is 0 Å². The number of methoxy groups -OCH3 is 2. The molecular formula is C23H22Cl2N2O5S2. The molecule has 1 heterocycles. The molecule has 0 unspecified atom stereocenters. The number of thioether (sulfide) groups is 1. The molecule has 34 heavy (non-hydrogen) atoms. The molecule has 0 atom stereocenters. The van der Waals surface area contributed by atoms with Gasteiger partial charge in [-0.2, -0.15) is 0 Å². The van der Waals surface area contributed by atoms with E-state index in [1.165, 1.54) is 18.9 Å². The van der Waals surface area contributed by atoms with E-state index in [1.807, 2.05) is 0 Å². The number of thiocarbonyl (C=S) groups is 1. The minimum atomic E-state index is -0.387. The number of halogens is 2. The summed E-state index contributed by atoms with van der Waals surface area (Å²) in [4.78, 5) is 27.1. The highest BCUT2D eigenvalue weighted by atomic mass is 35.5. The summed E-state index contributed by atoms with van der Waals surface area (Å²) in [6.45, 7) is 0.814. The first kappa shape index (κ1) is 26.3. The zero-order valence-corrected chi connectivity index (χ0v) is 21.6. The van der Waals surface area contributed by atoms with Crippen LogP contribution in [0.3, 0.4) is 0 Å². The van der Waals surface area contributed by atoms with Crippen molar-refractivity contribution in [2.24, 2.45) is 0 Å². The van der Waals surface area contributed by atoms with E-state index in [0.717, 1.165) is 5.56 Å². The minimum Gasteiger partial charge on any atom is -0.493 e. The average Bonchev–Trinajstić information content (AvgIpc) is 3.04. The number of amides is 2. The molecule has 1 N–H and O–H groups in total. The summed E-state index contributed by atoms with van der Waals surface area (Å²) in [6.07, 6.45) is 2.45. The monoisotopic (exact) mass is 540 g/mol. The number of nitrogens with one attached hydrogen (secondary N) is 1. The van der Waals surface area contributed by atoms with Gasteiger partial charge in [0.15, 0.2) is 18.1 Å². The zero-order valence-electron chi connectivity index (χ0n) is 18.4. The number of benzene rings is 2. The molecule has 11 heteroatoms. The van der Waals surface area contributed by atoms with Gasteiger partial charge in [-0.25, -0.2) is 0 Å². The predicted octanol–water partition coefficient (Wildman–Crippen LogP) is 5.26. The van der Waals surface area contributed by atoms with Gasteiger partial charge in [-0.05, 0) is 48.4 Å². The van der Waals surface area contributed by atoms with Crippen molar-refractivity contribution in [3.8, 4) is 11.5 Å². The summed E-state index contributed by atoms with van der Waals surface area (Å²) in [5, 5.41) is 3.49. The Morgan fingerprint density at radius 2 is 1.88 bits per heavy atom. The number of carbonyl (C=O) groups excluding carboxylic acids is 2. The van der Waals surface area contributed by atoms with E-state index in [-0.39, 0.29) is 18.4 Å². The normalized spacial score (nSPS) is 14.6. The number of hydrogen-bond acceptors (Lipinski definition) is 7. The Balaban J connectivity index is 1.64. The first-order valence-electron chi connectivity index (χ1n) is 10.1. The Morgan fingerprint density at radius 3 is 2.56 bits per heavy atom. The van der Waals surface area contributed by atoms with E-state index in [1.54, 1.807) is 54.5 Å². The van der Waals surface area contributed by atoms with E-state index in [9.17, 15) is 9.59 Å². The van der Waals surface area contributed by atoms with Gasteiger partial charge in [-0.15, -0.1) is 0 Å². The molecule has 180 valence electrons. The van der Waals surface area contributed by atoms with Crippen molar-refractivity contribution in [3.05, 3.63) is 56.9 Å². The highest BCUT2D eigenvalue weighted by molar-refractivity contribution is 8.26. The van der Waals surface area contributed by atoms with Crippen LogP contribution in [0.25, 0.3) is 6.08 Å². The number of ether oxygens (including phenoxy) is 3. The fraction of sp³-hybridized carbons (Fsp3) is 0.261. The van der Waals surface area contributed by atoms with Crippen LogP contribution in [0.4, 0.5) is 5.69 Å². The topological polar surface area (TPSA) is 77.1 Å². The van der Waals surface area contributed by atoms with Crippen LogP contribution in [0.5, 0.6) is 11.5 Å². The lowest BCUT2D eigenvalue weighted by Crippen LogP contribution is -2.29. The Morgan fingerprint density at radius 1 is 1.15 bits per heavy atom. The van der Waals surface area contributed by atoms with Gasteiger partial charge in [-0.3, -0.25) is 14.5 Å². The van der Waals surface area contributed by atoms with Crippen molar-refractivity contribution >= 4 is 75.1 Å². The second-order valence-corrected chi connectivity index (χ2v) is 9.63. The highest BCUT2D eigenvalue weighted by Gasteiger charge is 2.31. The summed E-state index contributed by atoms with van der Waals surface area (Å²) >= 11 is 18.5. The van der Waals surface area contributed by atoms with Gasteiger partial charge in [0.2, 0.25) is 0 Å². The lowest BCUT2D eigenvalue weighted by atomic mass is 10.2. The molecule has 1 aliphatic rings. The molecule has 1 aliphatic heterocycles. The van der Waals surface area contributed by atoms with Crippen LogP contribution < -0.4 is 14.8 Å². The van der Waals surface area contributed by atoms with Crippen molar-refractivity contribution in [2.45, 2.75) is 6.42 Å². The van der Waals surface area contributed by atoms with Crippen LogP contribution in [-0.2, 0) is 14.3 Å². The number of carbonyl (C=O) groups is 2. The summed E-state index contributed by atoms with van der Waals surface area (Å²) in [5.41, 5.74) is 1.20. The molecule has 0 aliphatic carbocycles. The number of anilines is 1. The molecule has 3 rings (SSSR count). The van der Waals surface area contributed by atoms with Gasteiger partial charge in [0.1, 0.15) is 4.32 Å². The third-order valence-corrected chi connectivity index (χ3v) is 6.41. The molecule has 0 saturated carbocycles. The molecule has 0 radical (unpaired) electrons. The second-order valence-electron chi connectivity index (χ2n) is 7.08. The van der Waals surface area contributed by atoms with Crippen molar-refractivity contribution < 1.29 is 23.8 Å². The molecular weight excluding hydrogens is 519 g/mol. The van der Waals surface area contributed by atoms with Crippen molar-refractivity contribution in [2.75, 3.05) is 39.3 Å². The number of rotatable bonds is 10. The lowest BCUT2D eigenvalue weighted by Gasteiger charge is -2.13. The molecule has 2 amide bonds. The molecule has 1 saturated heterocycles. The summed E-state index contributed by atoms with van der Waals surface area (Å²) in [5.74, 6) is 0.277. The van der Waals surface area contributed by atoms with Crippen molar-refractivity contribution in [1.82, 2.24) is 4.90 Å². The van der Waals surface area contributed by atoms with E-state index in [2.05, 4.69) is 5.32 Å². The van der Waals surface area contributed by atoms with E-state index >= 15 is 0 Å². The molecule has 1 fully saturated rings. The molecule has 0 spiro atoms. The fourth-order valence-corrected chi connectivity index (χ4v) is 4.91. The molecule has 7 nitrogen and oxygen atoms in total. The maximum absolute atomic E-state index is 12.7. The van der Waals surface area contributed by atoms with Gasteiger partial charge < -0.3 is 19.5 Å². The maximum Gasteiger partial charge on any atom is 0.266 e. The zero-order chi connectivity index (χ0) is 24.7. The van der Waals surface area contributed by atoms with Crippen molar-refractivity contribution in [1.29, 1.82) is 0 Å². The van der Waals surface area contributed by atoms with Crippen LogP contribution in [0, 0.1) is 0 Å². The SMILES string of the molecule is COCCCN1C(=O)/C(=C/c2ccc(OCC(=O)Nc3cc(Cl)cc(Cl)c3)c(OC)c2)SC1=S. The van der Waals surface area contributed by atoms with Crippen LogP contribution in [-0.4, -0.2) is 55.0 Å². The molecule has 2 aromatic carbocycles. The highest BCUT2D eigenvalue weighted by Crippen LogP contribution is 2.35. The second kappa shape index (κ2) is 12.4. The molecule has 0 aromatic heterocycles. The van der Waals surface area contributed by atoms with E-state index in [0.29, 0.717) is 56.0 Å². The smallest absolute Gasteiger partial charge is 0.266 e. The predicted molar refractivity (Wildman–Crippen MR) is 140 cm³/mol. The Kier molecular flexibility index (Phi) is 9.61. The quantitative estimate of drug-likeness (QED) is 0.250. The largest absolute Gasteiger partial charge is 0.493 e. The van der Waals surface area contributed by atoms with Crippen LogP contribution in [0.1, 0.15) is 12.0 Å². The van der Waals surface area contributed by atoms with Gasteiger partial charge in [0.05, 0.1) is 12.0 Å². The van der Waals surface area contributed by atoms with Crippen LogP contribution in [0.2, 0.25) is 10.0 Å². The van der Waals surface area contributed by atoms with Crippen molar-refractivity contribution in [3.63, 3.8) is 0 Å². The third kappa shape index (κ3) is 7.10. The maximum atomic E-state index is 12.7. The Labute approximate surface area is 217 Å². The van der Waals surface area contributed by atoms with Gasteiger partial charge in [-0.1, -0.05) is 53.2 Å². The van der Waals surface area contributed by atoms with E-state index < -0.39 is 0 Å². The molecule has 0 bridgehead atoms. The summed E-state index contributed by atoms with van der Waals surface area (Å²) < 4.78 is 16.6. The molecule has 2 aromatic rings. The number of hydrogen-bond donors (Lipinski definition) is 1. The van der Waals surface area contributed by atoms with Crippen LogP contribution in [0.15, 0.2) is 41.3 Å². The standard InChI is InChI=1S/C23H22Cl2N2O5S2/c1-30-7-3-6-27-22(29)20(34-23(27)33)9-14-4-5-18(19(8-14)31-2)32-13-21(28)26-17-11-15(24)10-16(25)12-17/h4-5,8-12H,3,6-7,13H2,1-2H3,(H,26,28)/b20-9-. The first-order chi connectivity index (χ1) is 16.3. The number of nitrogens with zero attached hydrogens (tertiary/aromatic N) is 1. The average molecular weight is 541 g/mol. The summed E-state index contributed by atoms with van der Waals surface area (Å²) in [6, 6.07) is 9.90. The summed E-state index contributed by atoms with van der Waals surface area (Å²) in [7, 11) is 3.11. The Hall–Kier alpha value is -2.30. The van der Waals surface area contributed by atoms with Gasteiger partial charge in [0, 0.05) is 36.0 Å². The van der Waals surface area contributed by atoms with E-state index in [4.69, 9.17) is 49.6 Å². The Bertz CT molecular complexity index is 1110. The fourth-order valence-electron chi connectivity index (χ4n) is 3.07. The first-order valence-corrected chi connectivity index (χ1v) is 12.1. The third-order valence-electron chi connectivity index (χ3n) is 4.59. The van der Waals surface area contributed by atoms with Crippen LogP contribution >= 0.6 is 47.2 Å². The minimum absolute atomic E-state index is 0.136. The van der Waals surface area contributed by atoms with Gasteiger partial charge in [0.25, 0.3) is 11.8 Å². The lowest BCUT2D eigenvalue weighted by molar-refractivity contribution is -0.122.